The lowest BCUT2D eigenvalue weighted by Gasteiger charge is -2.03. The van der Waals surface area contributed by atoms with Crippen molar-refractivity contribution in [2.24, 2.45) is 0 Å². The van der Waals surface area contributed by atoms with Gasteiger partial charge in [-0.2, -0.15) is 0 Å². The van der Waals surface area contributed by atoms with E-state index in [-0.39, 0.29) is 5.69 Å². The molecule has 0 saturated carbocycles. The second-order valence-corrected chi connectivity index (χ2v) is 4.07. The number of hydrogen-bond acceptors (Lipinski definition) is 3. The van der Waals surface area contributed by atoms with Crippen LogP contribution in [-0.4, -0.2) is 22.6 Å². The summed E-state index contributed by atoms with van der Waals surface area (Å²) in [7, 11) is 1.31. The van der Waals surface area contributed by atoms with E-state index in [1.54, 1.807) is 29.0 Å². The molecule has 17 heavy (non-hydrogen) atoms. The maximum Gasteiger partial charge on any atom is 0.358 e. The molecule has 2 rings (SSSR count). The average Bonchev–Trinajstić information content (AvgIpc) is 2.81. The van der Waals surface area contributed by atoms with E-state index in [9.17, 15) is 4.79 Å². The Morgan fingerprint density at radius 2 is 2.12 bits per heavy atom. The van der Waals surface area contributed by atoms with Gasteiger partial charge >= 0.3 is 5.97 Å². The molecule has 4 nitrogen and oxygen atoms in total. The van der Waals surface area contributed by atoms with Gasteiger partial charge in [0.1, 0.15) is 6.33 Å². The van der Waals surface area contributed by atoms with Crippen LogP contribution in [0.3, 0.4) is 0 Å². The Hall–Kier alpha value is -1.52. The lowest BCUT2D eigenvalue weighted by atomic mass is 10.3. The Kier molecular flexibility index (Phi) is 3.36. The molecule has 0 N–H and O–H groups in total. The van der Waals surface area contributed by atoms with Gasteiger partial charge in [0.05, 0.1) is 17.2 Å². The number of rotatable bonds is 2. The summed E-state index contributed by atoms with van der Waals surface area (Å²) in [5.74, 6) is -0.483. The molecule has 1 heterocycles. The van der Waals surface area contributed by atoms with Gasteiger partial charge in [0, 0.05) is 11.9 Å². The molecule has 88 valence electrons. The molecular formula is C11H8Cl2N2O2. The van der Waals surface area contributed by atoms with Crippen LogP contribution >= 0.6 is 23.2 Å². The predicted octanol–water partition coefficient (Wildman–Crippen LogP) is 2.97. The molecule has 1 aromatic carbocycles. The molecule has 0 aliphatic rings. The number of benzene rings is 1. The molecule has 1 aromatic heterocycles. The third kappa shape index (κ3) is 2.43. The summed E-state index contributed by atoms with van der Waals surface area (Å²) in [4.78, 5) is 15.2. The van der Waals surface area contributed by atoms with Crippen LogP contribution in [0.4, 0.5) is 0 Å². The Labute approximate surface area is 108 Å². The number of halogens is 2. The van der Waals surface area contributed by atoms with Crippen LogP contribution in [0.1, 0.15) is 10.5 Å². The number of carbonyl (C=O) groups excluding carboxylic acids is 1. The quantitative estimate of drug-likeness (QED) is 0.789. The van der Waals surface area contributed by atoms with Crippen molar-refractivity contribution in [2.75, 3.05) is 7.11 Å². The Morgan fingerprint density at radius 3 is 2.76 bits per heavy atom. The van der Waals surface area contributed by atoms with E-state index >= 15 is 0 Å². The molecule has 0 fully saturated rings. The number of nitrogens with zero attached hydrogens (tertiary/aromatic N) is 2. The Bertz CT molecular complexity index is 566. The molecule has 2 aromatic rings. The number of aromatic nitrogens is 2. The number of esters is 1. The SMILES string of the molecule is COC(=O)c1cn(-c2ccc(Cl)c(Cl)c2)cn1. The zero-order valence-electron chi connectivity index (χ0n) is 8.85. The standard InChI is InChI=1S/C11H8Cl2N2O2/c1-17-11(16)10-5-15(6-14-10)7-2-3-8(12)9(13)4-7/h2-6H,1H3. The zero-order valence-corrected chi connectivity index (χ0v) is 10.4. The van der Waals surface area contributed by atoms with Gasteiger partial charge in [0.15, 0.2) is 5.69 Å². The van der Waals surface area contributed by atoms with Gasteiger partial charge in [-0.25, -0.2) is 9.78 Å². The lowest BCUT2D eigenvalue weighted by molar-refractivity contribution is 0.0594. The highest BCUT2D eigenvalue weighted by atomic mass is 35.5. The molecule has 0 amide bonds. The monoisotopic (exact) mass is 270 g/mol. The van der Waals surface area contributed by atoms with Crippen molar-refractivity contribution in [3.8, 4) is 5.69 Å². The minimum atomic E-state index is -0.483. The van der Waals surface area contributed by atoms with Crippen molar-refractivity contribution in [1.29, 1.82) is 0 Å². The molecule has 0 saturated heterocycles. The highest BCUT2D eigenvalue weighted by Gasteiger charge is 2.10. The molecule has 0 aliphatic heterocycles. The maximum atomic E-state index is 11.2. The van der Waals surface area contributed by atoms with Crippen LogP contribution in [-0.2, 0) is 4.74 Å². The van der Waals surface area contributed by atoms with Crippen LogP contribution in [0.2, 0.25) is 10.0 Å². The van der Waals surface area contributed by atoms with Crippen LogP contribution in [0.25, 0.3) is 5.69 Å². The van der Waals surface area contributed by atoms with Crippen molar-refractivity contribution in [2.45, 2.75) is 0 Å². The highest BCUT2D eigenvalue weighted by molar-refractivity contribution is 6.42. The van der Waals surface area contributed by atoms with Gasteiger partial charge < -0.3 is 9.30 Å². The Balaban J connectivity index is 2.37. The second-order valence-electron chi connectivity index (χ2n) is 3.26. The minimum absolute atomic E-state index is 0.235. The zero-order chi connectivity index (χ0) is 12.4. The van der Waals surface area contributed by atoms with Crippen LogP contribution in [0.5, 0.6) is 0 Å². The molecule has 0 radical (unpaired) electrons. The van der Waals surface area contributed by atoms with Crippen molar-refractivity contribution >= 4 is 29.2 Å². The summed E-state index contributed by atoms with van der Waals surface area (Å²) in [5, 5.41) is 0.918. The molecule has 0 spiro atoms. The first-order valence-corrected chi connectivity index (χ1v) is 5.45. The van der Waals surface area contributed by atoms with Crippen LogP contribution in [0.15, 0.2) is 30.7 Å². The summed E-state index contributed by atoms with van der Waals surface area (Å²) in [6.45, 7) is 0. The normalized spacial score (nSPS) is 10.3. The third-order valence-electron chi connectivity index (χ3n) is 2.18. The van der Waals surface area contributed by atoms with E-state index in [1.165, 1.54) is 13.4 Å². The fraction of sp³-hybridized carbons (Fsp3) is 0.0909. The first kappa shape index (κ1) is 12.0. The van der Waals surface area contributed by atoms with E-state index in [2.05, 4.69) is 9.72 Å². The number of hydrogen-bond donors (Lipinski definition) is 0. The fourth-order valence-corrected chi connectivity index (χ4v) is 1.61. The molecule has 0 atom stereocenters. The summed E-state index contributed by atoms with van der Waals surface area (Å²) >= 11 is 11.7. The second kappa shape index (κ2) is 4.77. The van der Waals surface area contributed by atoms with E-state index in [0.29, 0.717) is 10.0 Å². The van der Waals surface area contributed by atoms with E-state index < -0.39 is 5.97 Å². The fourth-order valence-electron chi connectivity index (χ4n) is 1.32. The maximum absolute atomic E-state index is 11.2. The van der Waals surface area contributed by atoms with Crippen molar-refractivity contribution in [1.82, 2.24) is 9.55 Å². The Morgan fingerprint density at radius 1 is 1.35 bits per heavy atom. The van der Waals surface area contributed by atoms with Gasteiger partial charge in [0.2, 0.25) is 0 Å². The number of methoxy groups -OCH3 is 1. The van der Waals surface area contributed by atoms with Gasteiger partial charge in [0.25, 0.3) is 0 Å². The highest BCUT2D eigenvalue weighted by Crippen LogP contribution is 2.24. The van der Waals surface area contributed by atoms with Gasteiger partial charge in [-0.15, -0.1) is 0 Å². The molecule has 0 aliphatic carbocycles. The summed E-state index contributed by atoms with van der Waals surface area (Å²) < 4.78 is 6.23. The smallest absolute Gasteiger partial charge is 0.358 e. The van der Waals surface area contributed by atoms with Crippen LogP contribution in [0, 0.1) is 0 Å². The van der Waals surface area contributed by atoms with Gasteiger partial charge in [-0.1, -0.05) is 23.2 Å². The average molecular weight is 271 g/mol. The van der Waals surface area contributed by atoms with Crippen molar-refractivity contribution in [3.63, 3.8) is 0 Å². The third-order valence-corrected chi connectivity index (χ3v) is 2.92. The first-order valence-electron chi connectivity index (χ1n) is 4.69. The molecule has 0 bridgehead atoms. The van der Waals surface area contributed by atoms with E-state index in [0.717, 1.165) is 5.69 Å². The molecule has 0 unspecified atom stereocenters. The lowest BCUT2D eigenvalue weighted by Crippen LogP contribution is -2.01. The summed E-state index contributed by atoms with van der Waals surface area (Å²) in [5.41, 5.74) is 1.00. The van der Waals surface area contributed by atoms with E-state index in [1.807, 2.05) is 0 Å². The summed E-state index contributed by atoms with van der Waals surface area (Å²) in [6, 6.07) is 5.14. The van der Waals surface area contributed by atoms with Gasteiger partial charge in [-0.3, -0.25) is 0 Å². The van der Waals surface area contributed by atoms with Crippen LogP contribution < -0.4 is 0 Å². The predicted molar refractivity (Wildman–Crippen MR) is 64.9 cm³/mol. The van der Waals surface area contributed by atoms with Gasteiger partial charge in [-0.05, 0) is 18.2 Å². The topological polar surface area (TPSA) is 44.1 Å². The number of ether oxygens (including phenoxy) is 1. The minimum Gasteiger partial charge on any atom is -0.464 e. The number of imidazole rings is 1. The van der Waals surface area contributed by atoms with Crippen molar-refractivity contribution in [3.05, 3.63) is 46.5 Å². The molecule has 6 heteroatoms. The number of carbonyl (C=O) groups is 1. The first-order chi connectivity index (χ1) is 8.11. The summed E-state index contributed by atoms with van der Waals surface area (Å²) in [6.07, 6.45) is 3.07. The molecular weight excluding hydrogens is 263 g/mol. The largest absolute Gasteiger partial charge is 0.464 e. The van der Waals surface area contributed by atoms with Crippen molar-refractivity contribution < 1.29 is 9.53 Å². The van der Waals surface area contributed by atoms with E-state index in [4.69, 9.17) is 23.2 Å².